The number of hydrogen-bond acceptors (Lipinski definition) is 2. The average Bonchev–Trinajstić information content (AvgIpc) is 2.93. The summed E-state index contributed by atoms with van der Waals surface area (Å²) in [5.41, 5.74) is 4.46. The summed E-state index contributed by atoms with van der Waals surface area (Å²) in [5.74, 6) is 0.210. The fourth-order valence-corrected chi connectivity index (χ4v) is 3.57. The second-order valence-electron chi connectivity index (χ2n) is 6.15. The Balaban J connectivity index is 1.63. The van der Waals surface area contributed by atoms with Crippen molar-refractivity contribution in [3.8, 4) is 11.1 Å². The lowest BCUT2D eigenvalue weighted by Crippen LogP contribution is -2.43. The molecule has 2 aromatic rings. The topological polar surface area (TPSA) is 32.3 Å². The van der Waals surface area contributed by atoms with E-state index >= 15 is 0 Å². The van der Waals surface area contributed by atoms with Crippen LogP contribution in [0.3, 0.4) is 0 Å². The molecule has 0 bridgehead atoms. The van der Waals surface area contributed by atoms with Crippen molar-refractivity contribution in [2.24, 2.45) is 0 Å². The molecule has 1 amide bonds. The summed E-state index contributed by atoms with van der Waals surface area (Å²) in [5, 5.41) is 3.37. The fourth-order valence-electron chi connectivity index (χ4n) is 3.57. The van der Waals surface area contributed by atoms with Gasteiger partial charge in [-0.2, -0.15) is 0 Å². The summed E-state index contributed by atoms with van der Waals surface area (Å²) in [6.45, 7) is 2.79. The van der Waals surface area contributed by atoms with Gasteiger partial charge in [-0.25, -0.2) is 0 Å². The molecule has 4 rings (SSSR count). The van der Waals surface area contributed by atoms with Crippen LogP contribution in [0.5, 0.6) is 0 Å². The van der Waals surface area contributed by atoms with Crippen molar-refractivity contribution < 1.29 is 4.79 Å². The molecule has 0 spiro atoms. The van der Waals surface area contributed by atoms with Gasteiger partial charge in [0.25, 0.3) is 5.91 Å². The molecule has 1 saturated heterocycles. The Morgan fingerprint density at radius 2 is 1.73 bits per heavy atom. The van der Waals surface area contributed by atoms with Crippen LogP contribution in [0.15, 0.2) is 48.5 Å². The zero-order valence-electron chi connectivity index (χ0n) is 12.6. The minimum atomic E-state index is 0.210. The van der Waals surface area contributed by atoms with Crippen LogP contribution >= 0.6 is 0 Å². The maximum Gasteiger partial charge on any atom is 0.254 e. The van der Waals surface area contributed by atoms with Crippen molar-refractivity contribution >= 4 is 5.91 Å². The maximum atomic E-state index is 12.6. The molecule has 2 heterocycles. The monoisotopic (exact) mass is 292 g/mol. The van der Waals surface area contributed by atoms with Gasteiger partial charge < -0.3 is 10.2 Å². The SMILES string of the molecule is O=C1c2ccc(-c3ccccc3)cc2CN1C1CCNCC1. The van der Waals surface area contributed by atoms with E-state index in [4.69, 9.17) is 0 Å². The highest BCUT2D eigenvalue weighted by atomic mass is 16.2. The van der Waals surface area contributed by atoms with Crippen LogP contribution < -0.4 is 5.32 Å². The van der Waals surface area contributed by atoms with Crippen LogP contribution in [0.2, 0.25) is 0 Å². The Labute approximate surface area is 131 Å². The lowest BCUT2D eigenvalue weighted by Gasteiger charge is -2.31. The van der Waals surface area contributed by atoms with Gasteiger partial charge in [-0.05, 0) is 54.8 Å². The first kappa shape index (κ1) is 13.5. The number of nitrogens with zero attached hydrogens (tertiary/aromatic N) is 1. The van der Waals surface area contributed by atoms with Gasteiger partial charge in [0.1, 0.15) is 0 Å². The Hall–Kier alpha value is -2.13. The Kier molecular flexibility index (Phi) is 3.43. The van der Waals surface area contributed by atoms with Crippen molar-refractivity contribution in [3.05, 3.63) is 59.7 Å². The number of rotatable bonds is 2. The average molecular weight is 292 g/mol. The first-order valence-electron chi connectivity index (χ1n) is 8.03. The van der Waals surface area contributed by atoms with Crippen molar-refractivity contribution in [2.75, 3.05) is 13.1 Å². The smallest absolute Gasteiger partial charge is 0.254 e. The second-order valence-corrected chi connectivity index (χ2v) is 6.15. The van der Waals surface area contributed by atoms with E-state index in [1.165, 1.54) is 16.7 Å². The number of carbonyl (C=O) groups excluding carboxylic acids is 1. The molecule has 3 heteroatoms. The Bertz CT molecular complexity index is 690. The van der Waals surface area contributed by atoms with E-state index in [-0.39, 0.29) is 5.91 Å². The lowest BCUT2D eigenvalue weighted by molar-refractivity contribution is 0.0668. The summed E-state index contributed by atoms with van der Waals surface area (Å²) < 4.78 is 0. The van der Waals surface area contributed by atoms with E-state index in [1.54, 1.807) is 0 Å². The van der Waals surface area contributed by atoms with E-state index in [0.29, 0.717) is 6.04 Å². The van der Waals surface area contributed by atoms with Gasteiger partial charge in [0.2, 0.25) is 0 Å². The molecule has 0 atom stereocenters. The van der Waals surface area contributed by atoms with Gasteiger partial charge in [-0.3, -0.25) is 4.79 Å². The number of hydrogen-bond donors (Lipinski definition) is 1. The van der Waals surface area contributed by atoms with Crippen molar-refractivity contribution in [3.63, 3.8) is 0 Å². The number of piperidine rings is 1. The Morgan fingerprint density at radius 3 is 2.50 bits per heavy atom. The molecule has 0 unspecified atom stereocenters. The van der Waals surface area contributed by atoms with Crippen LogP contribution in [-0.4, -0.2) is 29.9 Å². The highest BCUT2D eigenvalue weighted by Gasteiger charge is 2.33. The van der Waals surface area contributed by atoms with Crippen molar-refractivity contribution in [2.45, 2.75) is 25.4 Å². The van der Waals surface area contributed by atoms with Gasteiger partial charge >= 0.3 is 0 Å². The summed E-state index contributed by atoms with van der Waals surface area (Å²) in [7, 11) is 0. The van der Waals surface area contributed by atoms with Gasteiger partial charge in [0.05, 0.1) is 0 Å². The third kappa shape index (κ3) is 2.32. The molecular formula is C19H20N2O. The molecule has 0 aliphatic carbocycles. The summed E-state index contributed by atoms with van der Waals surface area (Å²) in [6, 6.07) is 17.0. The van der Waals surface area contributed by atoms with Gasteiger partial charge in [-0.15, -0.1) is 0 Å². The minimum Gasteiger partial charge on any atom is -0.331 e. The number of fused-ring (bicyclic) bond motifs is 1. The fraction of sp³-hybridized carbons (Fsp3) is 0.316. The molecule has 1 N–H and O–H groups in total. The van der Waals surface area contributed by atoms with Crippen LogP contribution in [0.4, 0.5) is 0 Å². The Morgan fingerprint density at radius 1 is 0.955 bits per heavy atom. The van der Waals surface area contributed by atoms with Crippen molar-refractivity contribution in [1.82, 2.24) is 10.2 Å². The minimum absolute atomic E-state index is 0.210. The van der Waals surface area contributed by atoms with Crippen LogP contribution in [0, 0.1) is 0 Å². The van der Waals surface area contributed by atoms with E-state index in [2.05, 4.69) is 46.6 Å². The van der Waals surface area contributed by atoms with Gasteiger partial charge in [0.15, 0.2) is 0 Å². The molecule has 112 valence electrons. The quantitative estimate of drug-likeness (QED) is 0.922. The molecular weight excluding hydrogens is 272 g/mol. The van der Waals surface area contributed by atoms with Gasteiger partial charge in [-0.1, -0.05) is 36.4 Å². The third-order valence-corrected chi connectivity index (χ3v) is 4.79. The highest BCUT2D eigenvalue weighted by molar-refractivity contribution is 5.99. The lowest BCUT2D eigenvalue weighted by atomic mass is 10.0. The number of amides is 1. The zero-order chi connectivity index (χ0) is 14.9. The maximum absolute atomic E-state index is 12.6. The second kappa shape index (κ2) is 5.58. The van der Waals surface area contributed by atoms with E-state index in [1.807, 2.05) is 12.1 Å². The van der Waals surface area contributed by atoms with E-state index in [9.17, 15) is 4.79 Å². The molecule has 2 aliphatic rings. The predicted octanol–water partition coefficient (Wildman–Crippen LogP) is 3.06. The molecule has 2 aliphatic heterocycles. The molecule has 0 saturated carbocycles. The predicted molar refractivity (Wildman–Crippen MR) is 87.6 cm³/mol. The highest BCUT2D eigenvalue weighted by Crippen LogP contribution is 2.31. The molecule has 0 radical (unpaired) electrons. The summed E-state index contributed by atoms with van der Waals surface area (Å²) >= 11 is 0. The molecule has 3 nitrogen and oxygen atoms in total. The van der Waals surface area contributed by atoms with Crippen LogP contribution in [0.1, 0.15) is 28.8 Å². The standard InChI is InChI=1S/C19H20N2O/c22-19-18-7-6-15(14-4-2-1-3-5-14)12-16(18)13-21(19)17-8-10-20-11-9-17/h1-7,12,17,20H,8-11,13H2. The first-order valence-corrected chi connectivity index (χ1v) is 8.03. The largest absolute Gasteiger partial charge is 0.331 e. The molecule has 1 fully saturated rings. The molecule has 22 heavy (non-hydrogen) atoms. The molecule has 0 aromatic heterocycles. The molecule has 2 aromatic carbocycles. The van der Waals surface area contributed by atoms with Crippen LogP contribution in [0.25, 0.3) is 11.1 Å². The van der Waals surface area contributed by atoms with Crippen LogP contribution in [-0.2, 0) is 6.54 Å². The number of nitrogens with one attached hydrogen (secondary N) is 1. The van der Waals surface area contributed by atoms with Crippen molar-refractivity contribution in [1.29, 1.82) is 0 Å². The van der Waals surface area contributed by atoms with Gasteiger partial charge in [0, 0.05) is 18.2 Å². The zero-order valence-corrected chi connectivity index (χ0v) is 12.6. The third-order valence-electron chi connectivity index (χ3n) is 4.79. The number of benzene rings is 2. The summed E-state index contributed by atoms with van der Waals surface area (Å²) in [4.78, 5) is 14.7. The van der Waals surface area contributed by atoms with E-state index in [0.717, 1.165) is 38.0 Å². The summed E-state index contributed by atoms with van der Waals surface area (Å²) in [6.07, 6.45) is 2.12. The van der Waals surface area contributed by atoms with E-state index < -0.39 is 0 Å². The number of carbonyl (C=O) groups is 1. The normalized spacial score (nSPS) is 18.5. The first-order chi connectivity index (χ1) is 10.8.